The van der Waals surface area contributed by atoms with Gasteiger partial charge in [-0.1, -0.05) is 18.2 Å². The Balaban J connectivity index is 1.58. The molecule has 6 heteroatoms. The van der Waals surface area contributed by atoms with Crippen LogP contribution >= 0.6 is 11.3 Å². The fourth-order valence-corrected chi connectivity index (χ4v) is 3.38. The Labute approximate surface area is 154 Å². The molecule has 3 aromatic rings. The SMILES string of the molecule is COc1ccc(CCNC(=O)c2ccc(-c3ccc(F)c(F)c3)s2)cc1. The molecular formula is C20H17F2NO2S. The van der Waals surface area contributed by atoms with Gasteiger partial charge in [0.1, 0.15) is 5.75 Å². The van der Waals surface area contributed by atoms with Gasteiger partial charge >= 0.3 is 0 Å². The van der Waals surface area contributed by atoms with Crippen LogP contribution in [0, 0.1) is 11.6 Å². The van der Waals surface area contributed by atoms with Crippen molar-refractivity contribution in [1.82, 2.24) is 5.32 Å². The minimum Gasteiger partial charge on any atom is -0.497 e. The molecule has 26 heavy (non-hydrogen) atoms. The summed E-state index contributed by atoms with van der Waals surface area (Å²) in [6, 6.07) is 14.8. The summed E-state index contributed by atoms with van der Waals surface area (Å²) in [6.07, 6.45) is 0.705. The number of halogens is 2. The largest absolute Gasteiger partial charge is 0.497 e. The summed E-state index contributed by atoms with van der Waals surface area (Å²) in [5, 5.41) is 2.87. The van der Waals surface area contributed by atoms with Crippen LogP contribution in [-0.4, -0.2) is 19.6 Å². The number of hydrogen-bond donors (Lipinski definition) is 1. The van der Waals surface area contributed by atoms with E-state index in [0.29, 0.717) is 28.3 Å². The first-order valence-corrected chi connectivity index (χ1v) is 8.85. The summed E-state index contributed by atoms with van der Waals surface area (Å²) in [5.74, 6) is -1.18. The lowest BCUT2D eigenvalue weighted by atomic mass is 10.1. The van der Waals surface area contributed by atoms with Crippen molar-refractivity contribution in [2.75, 3.05) is 13.7 Å². The molecule has 0 saturated heterocycles. The summed E-state index contributed by atoms with van der Waals surface area (Å²) < 4.78 is 31.5. The van der Waals surface area contributed by atoms with E-state index in [1.54, 1.807) is 19.2 Å². The monoisotopic (exact) mass is 373 g/mol. The molecule has 0 aliphatic rings. The fraction of sp³-hybridized carbons (Fsp3) is 0.150. The summed E-state index contributed by atoms with van der Waals surface area (Å²) in [6.45, 7) is 0.504. The Morgan fingerprint density at radius 3 is 2.50 bits per heavy atom. The molecule has 2 aromatic carbocycles. The Hall–Kier alpha value is -2.73. The van der Waals surface area contributed by atoms with Crippen molar-refractivity contribution < 1.29 is 18.3 Å². The van der Waals surface area contributed by atoms with Gasteiger partial charge < -0.3 is 10.1 Å². The van der Waals surface area contributed by atoms with Gasteiger partial charge in [0.15, 0.2) is 11.6 Å². The third kappa shape index (κ3) is 4.26. The Kier molecular flexibility index (Phi) is 5.63. The highest BCUT2D eigenvalue weighted by molar-refractivity contribution is 7.17. The molecule has 0 radical (unpaired) electrons. The summed E-state index contributed by atoms with van der Waals surface area (Å²) in [5.41, 5.74) is 1.64. The van der Waals surface area contributed by atoms with Gasteiger partial charge in [-0.2, -0.15) is 0 Å². The number of benzene rings is 2. The zero-order chi connectivity index (χ0) is 18.5. The smallest absolute Gasteiger partial charge is 0.261 e. The van der Waals surface area contributed by atoms with E-state index in [2.05, 4.69) is 5.32 Å². The highest BCUT2D eigenvalue weighted by atomic mass is 32.1. The van der Waals surface area contributed by atoms with Crippen LogP contribution in [0.1, 0.15) is 15.2 Å². The van der Waals surface area contributed by atoms with Crippen molar-refractivity contribution in [2.24, 2.45) is 0 Å². The van der Waals surface area contributed by atoms with Gasteiger partial charge in [-0.15, -0.1) is 11.3 Å². The second-order valence-corrected chi connectivity index (χ2v) is 6.73. The van der Waals surface area contributed by atoms with E-state index in [0.717, 1.165) is 23.4 Å². The van der Waals surface area contributed by atoms with Crippen molar-refractivity contribution in [1.29, 1.82) is 0 Å². The topological polar surface area (TPSA) is 38.3 Å². The Bertz CT molecular complexity index is 906. The summed E-state index contributed by atoms with van der Waals surface area (Å²) in [7, 11) is 1.62. The maximum absolute atomic E-state index is 13.3. The molecule has 0 fully saturated rings. The van der Waals surface area contributed by atoms with Crippen LogP contribution in [-0.2, 0) is 6.42 Å². The average molecular weight is 373 g/mol. The molecule has 1 heterocycles. The van der Waals surface area contributed by atoms with E-state index in [1.165, 1.54) is 17.4 Å². The number of methoxy groups -OCH3 is 1. The van der Waals surface area contributed by atoms with E-state index >= 15 is 0 Å². The number of carbonyl (C=O) groups excluding carboxylic acids is 1. The molecule has 134 valence electrons. The first kappa shape index (κ1) is 18.1. The van der Waals surface area contributed by atoms with Crippen LogP contribution in [0.15, 0.2) is 54.6 Å². The average Bonchev–Trinajstić information content (AvgIpc) is 3.15. The molecule has 0 unspecified atom stereocenters. The van der Waals surface area contributed by atoms with E-state index in [9.17, 15) is 13.6 Å². The zero-order valence-electron chi connectivity index (χ0n) is 14.1. The third-order valence-corrected chi connectivity index (χ3v) is 5.03. The highest BCUT2D eigenvalue weighted by Gasteiger charge is 2.11. The Morgan fingerprint density at radius 1 is 1.04 bits per heavy atom. The molecule has 0 bridgehead atoms. The first-order valence-electron chi connectivity index (χ1n) is 8.03. The van der Waals surface area contributed by atoms with Gasteiger partial charge in [-0.3, -0.25) is 4.79 Å². The molecular weight excluding hydrogens is 356 g/mol. The standard InChI is InChI=1S/C20H17F2NO2S/c1-25-15-5-2-13(3-6-15)10-11-23-20(24)19-9-8-18(26-19)14-4-7-16(21)17(22)12-14/h2-9,12H,10-11H2,1H3,(H,23,24). The van der Waals surface area contributed by atoms with Crippen LogP contribution in [0.2, 0.25) is 0 Å². The van der Waals surface area contributed by atoms with E-state index in [1.807, 2.05) is 24.3 Å². The van der Waals surface area contributed by atoms with Gasteiger partial charge in [0.25, 0.3) is 5.91 Å². The van der Waals surface area contributed by atoms with Crippen LogP contribution in [0.25, 0.3) is 10.4 Å². The predicted octanol–water partition coefficient (Wildman–Crippen LogP) is 4.67. The predicted molar refractivity (Wildman–Crippen MR) is 98.7 cm³/mol. The highest BCUT2D eigenvalue weighted by Crippen LogP contribution is 2.29. The zero-order valence-corrected chi connectivity index (χ0v) is 14.9. The number of hydrogen-bond acceptors (Lipinski definition) is 3. The molecule has 0 aliphatic heterocycles. The van der Waals surface area contributed by atoms with Crippen molar-refractivity contribution in [3.05, 3.63) is 76.7 Å². The normalized spacial score (nSPS) is 10.6. The van der Waals surface area contributed by atoms with Gasteiger partial charge in [0, 0.05) is 11.4 Å². The maximum atomic E-state index is 13.3. The summed E-state index contributed by atoms with van der Waals surface area (Å²) in [4.78, 5) is 13.5. The van der Waals surface area contributed by atoms with Crippen LogP contribution in [0.5, 0.6) is 5.75 Å². The van der Waals surface area contributed by atoms with Gasteiger partial charge in [0.2, 0.25) is 0 Å². The molecule has 1 N–H and O–H groups in total. The van der Waals surface area contributed by atoms with Gasteiger partial charge in [0.05, 0.1) is 12.0 Å². The van der Waals surface area contributed by atoms with E-state index in [4.69, 9.17) is 4.74 Å². The quantitative estimate of drug-likeness (QED) is 0.682. The maximum Gasteiger partial charge on any atom is 0.261 e. The third-order valence-electron chi connectivity index (χ3n) is 3.89. The van der Waals surface area contributed by atoms with Crippen LogP contribution < -0.4 is 10.1 Å². The lowest BCUT2D eigenvalue weighted by Crippen LogP contribution is -2.24. The van der Waals surface area contributed by atoms with E-state index in [-0.39, 0.29) is 5.91 Å². The lowest BCUT2D eigenvalue weighted by molar-refractivity contribution is 0.0958. The first-order chi connectivity index (χ1) is 12.6. The van der Waals surface area contributed by atoms with Gasteiger partial charge in [-0.25, -0.2) is 8.78 Å². The molecule has 3 nitrogen and oxygen atoms in total. The number of rotatable bonds is 6. The van der Waals surface area contributed by atoms with Gasteiger partial charge in [-0.05, 0) is 53.9 Å². The molecule has 0 saturated carbocycles. The number of thiophene rings is 1. The molecule has 0 atom stereocenters. The second-order valence-electron chi connectivity index (χ2n) is 5.65. The lowest BCUT2D eigenvalue weighted by Gasteiger charge is -2.05. The van der Waals surface area contributed by atoms with Crippen molar-refractivity contribution in [2.45, 2.75) is 6.42 Å². The van der Waals surface area contributed by atoms with Crippen LogP contribution in [0.4, 0.5) is 8.78 Å². The number of nitrogens with one attached hydrogen (secondary N) is 1. The minimum absolute atomic E-state index is 0.183. The molecule has 0 spiro atoms. The van der Waals surface area contributed by atoms with Crippen LogP contribution in [0.3, 0.4) is 0 Å². The van der Waals surface area contributed by atoms with Crippen molar-refractivity contribution in [3.63, 3.8) is 0 Å². The number of amides is 1. The summed E-state index contributed by atoms with van der Waals surface area (Å²) >= 11 is 1.24. The van der Waals surface area contributed by atoms with Crippen molar-refractivity contribution >= 4 is 17.2 Å². The Morgan fingerprint density at radius 2 is 1.81 bits per heavy atom. The van der Waals surface area contributed by atoms with Crippen molar-refractivity contribution in [3.8, 4) is 16.2 Å². The molecule has 3 rings (SSSR count). The fourth-order valence-electron chi connectivity index (χ4n) is 2.46. The minimum atomic E-state index is -0.901. The van der Waals surface area contributed by atoms with E-state index < -0.39 is 11.6 Å². The molecule has 1 amide bonds. The second kappa shape index (κ2) is 8.10. The molecule has 0 aliphatic carbocycles. The molecule has 1 aromatic heterocycles. The number of carbonyl (C=O) groups is 1. The number of ether oxygens (including phenoxy) is 1.